The van der Waals surface area contributed by atoms with Crippen molar-refractivity contribution >= 4 is 41.2 Å². The van der Waals surface area contributed by atoms with Gasteiger partial charge in [-0.3, -0.25) is 4.79 Å². The zero-order valence-corrected chi connectivity index (χ0v) is 22.2. The topological polar surface area (TPSA) is 58.6 Å². The van der Waals surface area contributed by atoms with Crippen LogP contribution in [0, 0.1) is 0 Å². The maximum absolute atomic E-state index is 13.3. The number of hydrogen-bond donors (Lipinski definition) is 1. The molecule has 0 aliphatic heterocycles. The molecule has 0 spiro atoms. The first-order chi connectivity index (χ1) is 17.1. The second kappa shape index (κ2) is 12.8. The molecule has 36 heavy (non-hydrogen) atoms. The Morgan fingerprint density at radius 2 is 1.75 bits per heavy atom. The molecule has 0 aromatic heterocycles. The number of thioether (sulfide) groups is 2. The van der Waals surface area contributed by atoms with Crippen LogP contribution in [-0.2, 0) is 22.4 Å². The largest absolute Gasteiger partial charge is 0.468 e. The summed E-state index contributed by atoms with van der Waals surface area (Å²) in [6.45, 7) is 4.51. The number of rotatable bonds is 10. The third kappa shape index (κ3) is 8.09. The maximum Gasteiger partial charge on any atom is 0.446 e. The quantitative estimate of drug-likeness (QED) is 0.197. The van der Waals surface area contributed by atoms with Crippen LogP contribution in [-0.4, -0.2) is 47.4 Å². The van der Waals surface area contributed by atoms with Crippen LogP contribution in [0.5, 0.6) is 0 Å². The number of urea groups is 1. The highest BCUT2D eigenvalue weighted by molar-refractivity contribution is 8.00. The fourth-order valence-corrected chi connectivity index (χ4v) is 5.70. The van der Waals surface area contributed by atoms with Crippen LogP contribution in [0.1, 0.15) is 44.2 Å². The third-order valence-corrected chi connectivity index (χ3v) is 7.79. The summed E-state index contributed by atoms with van der Waals surface area (Å²) in [5, 5.41) is 2.54. The van der Waals surface area contributed by atoms with E-state index in [0.29, 0.717) is 18.7 Å². The molecule has 3 rings (SSSR count). The van der Waals surface area contributed by atoms with Crippen molar-refractivity contribution in [3.63, 3.8) is 0 Å². The Balaban J connectivity index is 1.69. The van der Waals surface area contributed by atoms with Crippen LogP contribution in [0.2, 0.25) is 0 Å². The molecule has 5 nitrogen and oxygen atoms in total. The summed E-state index contributed by atoms with van der Waals surface area (Å²) in [4.78, 5) is 27.9. The number of unbranched alkanes of at least 4 members (excludes halogenated alkanes) is 2. The maximum atomic E-state index is 13.3. The zero-order chi connectivity index (χ0) is 26.3. The number of alkyl halides is 3. The number of fused-ring (bicyclic) bond motifs is 1. The lowest BCUT2D eigenvalue weighted by atomic mass is 10.1. The predicted molar refractivity (Wildman–Crippen MR) is 139 cm³/mol. The second-order valence-corrected chi connectivity index (χ2v) is 11.2. The summed E-state index contributed by atoms with van der Waals surface area (Å²) < 4.78 is 42.6. The van der Waals surface area contributed by atoms with Crippen molar-refractivity contribution in [2.24, 2.45) is 0 Å². The van der Waals surface area contributed by atoms with Gasteiger partial charge in [0, 0.05) is 28.1 Å². The van der Waals surface area contributed by atoms with Gasteiger partial charge in [0.25, 0.3) is 0 Å². The molecule has 1 N–H and O–H groups in total. The number of ether oxygens (including phenoxy) is 1. The molecule has 2 amide bonds. The van der Waals surface area contributed by atoms with E-state index in [1.807, 2.05) is 11.0 Å². The minimum Gasteiger partial charge on any atom is -0.468 e. The Bertz CT molecular complexity index is 1050. The normalized spacial score (nSPS) is 15.8. The fourth-order valence-electron chi connectivity index (χ4n) is 4.20. The summed E-state index contributed by atoms with van der Waals surface area (Å²) in [6, 6.07) is 11.6. The number of nitrogens with zero attached hydrogens (tertiary/aromatic N) is 1. The van der Waals surface area contributed by atoms with Gasteiger partial charge in [-0.1, -0.05) is 25.8 Å². The standard InChI is InChI=1S/C26H31F3N2O3S2/c1-4-5-6-13-31(25(33)30-20-8-11-22(12-9-20)36-26(27,28)29)21-14-18-7-10-23(16-19(18)15-21)35-17(2)24(32)34-3/h7-12,16-17,21H,4-6,13-15H2,1-3H3,(H,30,33). The molecule has 2 atom stereocenters. The average molecular weight is 541 g/mol. The van der Waals surface area contributed by atoms with E-state index >= 15 is 0 Å². The van der Waals surface area contributed by atoms with Gasteiger partial charge in [0.05, 0.1) is 7.11 Å². The molecule has 1 aliphatic rings. The van der Waals surface area contributed by atoms with Gasteiger partial charge in [-0.15, -0.1) is 11.8 Å². The van der Waals surface area contributed by atoms with E-state index in [0.717, 1.165) is 36.1 Å². The van der Waals surface area contributed by atoms with E-state index in [1.54, 1.807) is 6.92 Å². The van der Waals surface area contributed by atoms with Crippen LogP contribution in [0.3, 0.4) is 0 Å². The summed E-state index contributed by atoms with van der Waals surface area (Å²) in [5.41, 5.74) is -1.56. The van der Waals surface area contributed by atoms with Gasteiger partial charge in [-0.2, -0.15) is 13.2 Å². The molecule has 10 heteroatoms. The third-order valence-electron chi connectivity index (χ3n) is 5.98. The highest BCUT2D eigenvalue weighted by Gasteiger charge is 2.31. The van der Waals surface area contributed by atoms with E-state index < -0.39 is 5.51 Å². The molecule has 0 saturated carbocycles. The summed E-state index contributed by atoms with van der Waals surface area (Å²) >= 11 is 1.26. The highest BCUT2D eigenvalue weighted by Crippen LogP contribution is 2.37. The fraction of sp³-hybridized carbons (Fsp3) is 0.462. The van der Waals surface area contributed by atoms with Gasteiger partial charge in [0.1, 0.15) is 5.25 Å². The van der Waals surface area contributed by atoms with Gasteiger partial charge in [-0.25, -0.2) is 4.79 Å². The van der Waals surface area contributed by atoms with Gasteiger partial charge in [0.15, 0.2) is 0 Å². The van der Waals surface area contributed by atoms with Crippen molar-refractivity contribution in [2.45, 2.75) is 72.5 Å². The van der Waals surface area contributed by atoms with Gasteiger partial charge < -0.3 is 15.0 Å². The van der Waals surface area contributed by atoms with Crippen LogP contribution in [0.25, 0.3) is 0 Å². The smallest absolute Gasteiger partial charge is 0.446 e. The summed E-state index contributed by atoms with van der Waals surface area (Å²) in [7, 11) is 1.38. The number of anilines is 1. The Hall–Kier alpha value is -2.33. The van der Waals surface area contributed by atoms with E-state index in [9.17, 15) is 22.8 Å². The van der Waals surface area contributed by atoms with E-state index in [2.05, 4.69) is 24.4 Å². The monoisotopic (exact) mass is 540 g/mol. The number of benzene rings is 2. The molecule has 0 fully saturated rings. The van der Waals surface area contributed by atoms with Crippen molar-refractivity contribution in [1.29, 1.82) is 0 Å². The van der Waals surface area contributed by atoms with Gasteiger partial charge >= 0.3 is 17.5 Å². The Morgan fingerprint density at radius 3 is 2.39 bits per heavy atom. The average Bonchev–Trinajstić information content (AvgIpc) is 3.24. The number of carbonyl (C=O) groups is 2. The predicted octanol–water partition coefficient (Wildman–Crippen LogP) is 7.14. The molecule has 2 unspecified atom stereocenters. The number of carbonyl (C=O) groups excluding carboxylic acids is 2. The minimum absolute atomic E-state index is 0.0183. The lowest BCUT2D eigenvalue weighted by Gasteiger charge is -2.29. The van der Waals surface area contributed by atoms with Crippen molar-refractivity contribution < 1.29 is 27.5 Å². The SMILES string of the molecule is CCCCCN(C(=O)Nc1ccc(SC(F)(F)F)cc1)C1Cc2ccc(SC(C)C(=O)OC)cc2C1. The Kier molecular flexibility index (Phi) is 10.0. The van der Waals surface area contributed by atoms with Crippen molar-refractivity contribution in [1.82, 2.24) is 4.90 Å². The van der Waals surface area contributed by atoms with E-state index in [4.69, 9.17) is 4.74 Å². The second-order valence-electron chi connectivity index (χ2n) is 8.68. The lowest BCUT2D eigenvalue weighted by molar-refractivity contribution is -0.139. The summed E-state index contributed by atoms with van der Waals surface area (Å²) in [6.07, 6.45) is 4.33. The van der Waals surface area contributed by atoms with Crippen LogP contribution in [0.4, 0.5) is 23.7 Å². The van der Waals surface area contributed by atoms with Crippen molar-refractivity contribution in [3.8, 4) is 0 Å². The zero-order valence-electron chi connectivity index (χ0n) is 20.6. The molecular weight excluding hydrogens is 509 g/mol. The Labute approximate surface area is 218 Å². The Morgan fingerprint density at radius 1 is 1.08 bits per heavy atom. The van der Waals surface area contributed by atoms with Crippen molar-refractivity contribution in [3.05, 3.63) is 53.6 Å². The van der Waals surface area contributed by atoms with Crippen LogP contribution >= 0.6 is 23.5 Å². The molecule has 196 valence electrons. The number of halogens is 3. The number of esters is 1. The van der Waals surface area contributed by atoms with Crippen molar-refractivity contribution in [2.75, 3.05) is 19.0 Å². The first-order valence-corrected chi connectivity index (χ1v) is 13.6. The first-order valence-electron chi connectivity index (χ1n) is 11.9. The lowest BCUT2D eigenvalue weighted by Crippen LogP contribution is -2.44. The molecule has 0 saturated heterocycles. The molecular formula is C26H31F3N2O3S2. The van der Waals surface area contributed by atoms with Crippen LogP contribution < -0.4 is 5.32 Å². The number of nitrogens with one attached hydrogen (secondary N) is 1. The summed E-state index contributed by atoms with van der Waals surface area (Å²) in [5.74, 6) is -0.276. The highest BCUT2D eigenvalue weighted by atomic mass is 32.2. The van der Waals surface area contributed by atoms with Crippen LogP contribution in [0.15, 0.2) is 52.3 Å². The molecule has 2 aromatic rings. The van der Waals surface area contributed by atoms with E-state index in [-0.39, 0.29) is 39.9 Å². The molecule has 0 radical (unpaired) electrons. The first kappa shape index (κ1) is 28.2. The van der Waals surface area contributed by atoms with E-state index in [1.165, 1.54) is 48.7 Å². The van der Waals surface area contributed by atoms with Gasteiger partial charge in [0.2, 0.25) is 0 Å². The molecule has 0 bridgehead atoms. The molecule has 1 aliphatic carbocycles. The molecule has 2 aromatic carbocycles. The number of methoxy groups -OCH3 is 1. The molecule has 0 heterocycles. The number of hydrogen-bond acceptors (Lipinski definition) is 5. The number of amides is 2. The minimum atomic E-state index is -4.35. The van der Waals surface area contributed by atoms with Gasteiger partial charge in [-0.05, 0) is 85.5 Å².